The summed E-state index contributed by atoms with van der Waals surface area (Å²) in [5.41, 5.74) is 0.828. The first-order valence-corrected chi connectivity index (χ1v) is 6.45. The molecule has 0 aliphatic rings. The predicted octanol–water partition coefficient (Wildman–Crippen LogP) is 0.635. The third-order valence-corrected chi connectivity index (χ3v) is 3.08. The fraction of sp³-hybridized carbons (Fsp3) is 0.308. The molecule has 0 aliphatic carbocycles. The summed E-state index contributed by atoms with van der Waals surface area (Å²) in [4.78, 5) is 23.6. The number of benzene rings is 1. The van der Waals surface area contributed by atoms with Crippen LogP contribution in [0.25, 0.3) is 0 Å². The Hall–Kier alpha value is -2.77. The second kappa shape index (κ2) is 6.60. The zero-order valence-corrected chi connectivity index (χ0v) is 11.4. The Bertz CT molecular complexity index is 600. The molecule has 2 aromatic rings. The van der Waals surface area contributed by atoms with Gasteiger partial charge in [-0.2, -0.15) is 5.21 Å². The number of hydrogen-bond acceptors (Lipinski definition) is 5. The molecule has 8 nitrogen and oxygen atoms in total. The number of rotatable bonds is 6. The normalized spacial score (nSPS) is 13.4. The molecule has 0 saturated carbocycles. The molecule has 2 atom stereocenters. The Morgan fingerprint density at radius 2 is 2.05 bits per heavy atom. The van der Waals surface area contributed by atoms with Gasteiger partial charge in [0.2, 0.25) is 11.7 Å². The van der Waals surface area contributed by atoms with E-state index in [9.17, 15) is 14.7 Å². The number of carbonyl (C=O) groups is 2. The van der Waals surface area contributed by atoms with Crippen molar-refractivity contribution in [1.82, 2.24) is 25.9 Å². The largest absolute Gasteiger partial charge is 0.479 e. The van der Waals surface area contributed by atoms with Crippen LogP contribution in [0.3, 0.4) is 0 Å². The van der Waals surface area contributed by atoms with Gasteiger partial charge in [0.15, 0.2) is 6.04 Å². The van der Waals surface area contributed by atoms with Gasteiger partial charge in [-0.3, -0.25) is 4.79 Å². The van der Waals surface area contributed by atoms with Gasteiger partial charge >= 0.3 is 5.97 Å². The first-order chi connectivity index (χ1) is 10.1. The topological polar surface area (TPSA) is 121 Å². The van der Waals surface area contributed by atoms with E-state index in [0.717, 1.165) is 5.56 Å². The first kappa shape index (κ1) is 14.6. The lowest BCUT2D eigenvalue weighted by Crippen LogP contribution is -2.37. The second-order valence-electron chi connectivity index (χ2n) is 4.42. The summed E-state index contributed by atoms with van der Waals surface area (Å²) in [5.74, 6) is -2.15. The number of carbonyl (C=O) groups excluding carboxylic acids is 1. The van der Waals surface area contributed by atoms with E-state index in [0.29, 0.717) is 6.42 Å². The Balaban J connectivity index is 2.16. The number of amides is 1. The smallest absolute Gasteiger partial charge is 0.334 e. The minimum atomic E-state index is -1.32. The lowest BCUT2D eigenvalue weighted by Gasteiger charge is -2.18. The van der Waals surface area contributed by atoms with Crippen molar-refractivity contribution in [3.05, 3.63) is 41.7 Å². The van der Waals surface area contributed by atoms with Crippen molar-refractivity contribution in [1.29, 1.82) is 0 Å². The average Bonchev–Trinajstić information content (AvgIpc) is 3.00. The van der Waals surface area contributed by atoms with E-state index in [4.69, 9.17) is 0 Å². The van der Waals surface area contributed by atoms with Crippen molar-refractivity contribution >= 4 is 11.9 Å². The minimum absolute atomic E-state index is 0.0845. The van der Waals surface area contributed by atoms with Crippen LogP contribution in [0.15, 0.2) is 30.3 Å². The van der Waals surface area contributed by atoms with Crippen LogP contribution in [-0.2, 0) is 9.59 Å². The summed E-state index contributed by atoms with van der Waals surface area (Å²) < 4.78 is 0. The molecule has 0 spiro atoms. The summed E-state index contributed by atoms with van der Waals surface area (Å²) in [6.07, 6.45) is 0.550. The highest BCUT2D eigenvalue weighted by Gasteiger charge is 2.29. The highest BCUT2D eigenvalue weighted by Crippen LogP contribution is 2.20. The highest BCUT2D eigenvalue weighted by atomic mass is 16.4. The van der Waals surface area contributed by atoms with Gasteiger partial charge in [-0.05, 0) is 12.0 Å². The van der Waals surface area contributed by atoms with E-state index in [1.165, 1.54) is 0 Å². The van der Waals surface area contributed by atoms with Gasteiger partial charge < -0.3 is 10.4 Å². The molecule has 0 bridgehead atoms. The van der Waals surface area contributed by atoms with Crippen LogP contribution in [0.4, 0.5) is 0 Å². The summed E-state index contributed by atoms with van der Waals surface area (Å²) in [6, 6.07) is 7.86. The highest BCUT2D eigenvalue weighted by molar-refractivity contribution is 5.88. The number of nitrogens with one attached hydrogen (secondary N) is 2. The molecule has 0 fully saturated rings. The van der Waals surface area contributed by atoms with Crippen molar-refractivity contribution in [2.75, 3.05) is 0 Å². The van der Waals surface area contributed by atoms with Crippen LogP contribution in [-0.4, -0.2) is 37.6 Å². The SMILES string of the molecule is CC[C@H](C(=O)NC(C(=O)O)c1nn[nH]n1)c1ccccc1. The number of aromatic amines is 1. The Morgan fingerprint density at radius 3 is 2.57 bits per heavy atom. The molecule has 2 rings (SSSR count). The minimum Gasteiger partial charge on any atom is -0.479 e. The van der Waals surface area contributed by atoms with E-state index in [-0.39, 0.29) is 11.7 Å². The molecule has 21 heavy (non-hydrogen) atoms. The molecular formula is C13H15N5O3. The third-order valence-electron chi connectivity index (χ3n) is 3.08. The van der Waals surface area contributed by atoms with Crippen LogP contribution in [0, 0.1) is 0 Å². The number of carboxylic acid groups (broad SMARTS) is 1. The van der Waals surface area contributed by atoms with Crippen LogP contribution in [0.5, 0.6) is 0 Å². The summed E-state index contributed by atoms with van der Waals surface area (Å²) in [7, 11) is 0. The van der Waals surface area contributed by atoms with E-state index in [2.05, 4.69) is 25.9 Å². The van der Waals surface area contributed by atoms with E-state index < -0.39 is 17.9 Å². The van der Waals surface area contributed by atoms with Gasteiger partial charge in [-0.25, -0.2) is 4.79 Å². The summed E-state index contributed by atoms with van der Waals surface area (Å²) in [6.45, 7) is 1.86. The Labute approximate surface area is 120 Å². The molecule has 1 heterocycles. The third kappa shape index (κ3) is 3.41. The Kier molecular flexibility index (Phi) is 4.60. The van der Waals surface area contributed by atoms with Crippen LogP contribution in [0.2, 0.25) is 0 Å². The Morgan fingerprint density at radius 1 is 1.33 bits per heavy atom. The monoisotopic (exact) mass is 289 g/mol. The van der Waals surface area contributed by atoms with Crippen LogP contribution < -0.4 is 5.32 Å². The quantitative estimate of drug-likeness (QED) is 0.717. The maximum absolute atomic E-state index is 12.3. The molecule has 0 aliphatic heterocycles. The van der Waals surface area contributed by atoms with Crippen molar-refractivity contribution in [2.24, 2.45) is 0 Å². The van der Waals surface area contributed by atoms with Gasteiger partial charge in [0, 0.05) is 0 Å². The molecule has 1 aromatic carbocycles. The summed E-state index contributed by atoms with van der Waals surface area (Å²) in [5, 5.41) is 24.3. The second-order valence-corrected chi connectivity index (χ2v) is 4.42. The molecule has 3 N–H and O–H groups in total. The molecule has 8 heteroatoms. The van der Waals surface area contributed by atoms with Gasteiger partial charge in [0.1, 0.15) is 0 Å². The van der Waals surface area contributed by atoms with Gasteiger partial charge in [-0.15, -0.1) is 10.2 Å². The molecular weight excluding hydrogens is 274 g/mol. The van der Waals surface area contributed by atoms with Gasteiger partial charge in [-0.1, -0.05) is 42.5 Å². The fourth-order valence-corrected chi connectivity index (χ4v) is 2.03. The molecule has 0 saturated heterocycles. The lowest BCUT2D eigenvalue weighted by atomic mass is 9.95. The van der Waals surface area contributed by atoms with Gasteiger partial charge in [0.25, 0.3) is 0 Å². The number of nitrogens with zero attached hydrogens (tertiary/aromatic N) is 3. The number of H-pyrrole nitrogens is 1. The standard InChI is InChI=1S/C13H15N5O3/c1-2-9(8-6-4-3-5-7-8)12(19)14-10(13(20)21)11-15-17-18-16-11/h3-7,9-10H,2H2,1H3,(H,14,19)(H,20,21)(H,15,16,17,18)/t9-,10?/m0/s1. The van der Waals surface area contributed by atoms with Crippen molar-refractivity contribution in [3.63, 3.8) is 0 Å². The van der Waals surface area contributed by atoms with E-state index >= 15 is 0 Å². The van der Waals surface area contributed by atoms with Gasteiger partial charge in [0.05, 0.1) is 5.92 Å². The molecule has 0 radical (unpaired) electrons. The predicted molar refractivity (Wildman–Crippen MR) is 72.2 cm³/mol. The maximum Gasteiger partial charge on any atom is 0.334 e. The van der Waals surface area contributed by atoms with Crippen molar-refractivity contribution in [3.8, 4) is 0 Å². The van der Waals surface area contributed by atoms with E-state index in [1.54, 1.807) is 0 Å². The summed E-state index contributed by atoms with van der Waals surface area (Å²) >= 11 is 0. The molecule has 1 aromatic heterocycles. The van der Waals surface area contributed by atoms with Crippen molar-refractivity contribution < 1.29 is 14.7 Å². The number of aromatic nitrogens is 4. The van der Waals surface area contributed by atoms with Crippen LogP contribution in [0.1, 0.15) is 36.7 Å². The zero-order chi connectivity index (χ0) is 15.2. The molecule has 110 valence electrons. The number of hydrogen-bond donors (Lipinski definition) is 3. The maximum atomic E-state index is 12.3. The average molecular weight is 289 g/mol. The zero-order valence-electron chi connectivity index (χ0n) is 11.4. The molecule has 1 amide bonds. The van der Waals surface area contributed by atoms with E-state index in [1.807, 2.05) is 37.3 Å². The molecule has 1 unspecified atom stereocenters. The fourth-order valence-electron chi connectivity index (χ4n) is 2.03. The number of tetrazole rings is 1. The lowest BCUT2D eigenvalue weighted by molar-refractivity contribution is -0.142. The number of aliphatic carboxylic acids is 1. The van der Waals surface area contributed by atoms with Crippen LogP contribution >= 0.6 is 0 Å². The first-order valence-electron chi connectivity index (χ1n) is 6.45. The van der Waals surface area contributed by atoms with Crippen molar-refractivity contribution in [2.45, 2.75) is 25.3 Å². The number of carboxylic acids is 1.